The summed E-state index contributed by atoms with van der Waals surface area (Å²) in [6, 6.07) is 1.51. The van der Waals surface area contributed by atoms with Crippen molar-refractivity contribution in [3.8, 4) is 0 Å². The molecule has 2 atom stereocenters. The molecule has 1 amide bonds. The third kappa shape index (κ3) is 5.52. The van der Waals surface area contributed by atoms with Crippen LogP contribution < -0.4 is 15.8 Å². The van der Waals surface area contributed by atoms with Gasteiger partial charge in [0.1, 0.15) is 11.6 Å². The minimum Gasteiger partial charge on any atom is -0.330 e. The van der Waals surface area contributed by atoms with Gasteiger partial charge in [0, 0.05) is 12.0 Å². The molecule has 0 heterocycles. The molecule has 0 bridgehead atoms. The Morgan fingerprint density at radius 1 is 1.23 bits per heavy atom. The second-order valence-electron chi connectivity index (χ2n) is 6.26. The predicted octanol–water partition coefficient (Wildman–Crippen LogP) is 2.85. The summed E-state index contributed by atoms with van der Waals surface area (Å²) >= 11 is 0. The van der Waals surface area contributed by atoms with Gasteiger partial charge in [-0.15, -0.1) is 12.4 Å². The van der Waals surface area contributed by atoms with E-state index in [1.165, 1.54) is 0 Å². The first-order valence-electron chi connectivity index (χ1n) is 8.28. The quantitative estimate of drug-likeness (QED) is 0.642. The maximum atomic E-state index is 14.0. The van der Waals surface area contributed by atoms with Crippen LogP contribution in [0, 0.1) is 23.5 Å². The molecule has 0 radical (unpaired) electrons. The highest BCUT2D eigenvalue weighted by Gasteiger charge is 2.32. The fourth-order valence-corrected chi connectivity index (χ4v) is 4.23. The number of carbonyl (C=O) groups is 1. The largest absolute Gasteiger partial charge is 0.330 e. The van der Waals surface area contributed by atoms with Crippen molar-refractivity contribution < 1.29 is 22.0 Å². The zero-order valence-electron chi connectivity index (χ0n) is 14.4. The van der Waals surface area contributed by atoms with Crippen molar-refractivity contribution in [2.75, 3.05) is 22.3 Å². The molecule has 0 aliphatic heterocycles. The molecule has 2 rings (SSSR count). The molecule has 0 unspecified atom stereocenters. The maximum absolute atomic E-state index is 14.0. The highest BCUT2D eigenvalue weighted by Crippen LogP contribution is 2.33. The monoisotopic (exact) mass is 411 g/mol. The molecule has 148 valence electrons. The van der Waals surface area contributed by atoms with Crippen molar-refractivity contribution in [3.05, 3.63) is 23.8 Å². The number of carbonyl (C=O) groups excluding carboxylic acids is 1. The molecule has 4 N–H and O–H groups in total. The number of hydrogen-bond acceptors (Lipinski definition) is 4. The fourth-order valence-electron chi connectivity index (χ4n) is 3.10. The Kier molecular flexibility index (Phi) is 8.23. The van der Waals surface area contributed by atoms with E-state index in [0.717, 1.165) is 18.9 Å². The second kappa shape index (κ2) is 9.48. The summed E-state index contributed by atoms with van der Waals surface area (Å²) in [7, 11) is -3.74. The average Bonchev–Trinajstić information content (AvgIpc) is 3.00. The maximum Gasteiger partial charge on any atom is 0.232 e. The minimum atomic E-state index is -3.74. The van der Waals surface area contributed by atoms with Gasteiger partial charge < -0.3 is 11.1 Å². The van der Waals surface area contributed by atoms with E-state index < -0.39 is 27.3 Å². The lowest BCUT2D eigenvalue weighted by molar-refractivity contribution is -0.120. The van der Waals surface area contributed by atoms with E-state index in [0.29, 0.717) is 25.5 Å². The fraction of sp³-hybridized carbons (Fsp3) is 0.562. The van der Waals surface area contributed by atoms with E-state index in [-0.39, 0.29) is 41.6 Å². The van der Waals surface area contributed by atoms with E-state index in [2.05, 4.69) is 10.0 Å². The Labute approximate surface area is 158 Å². The van der Waals surface area contributed by atoms with Crippen molar-refractivity contribution in [2.24, 2.45) is 17.6 Å². The van der Waals surface area contributed by atoms with Crippen LogP contribution in [0.25, 0.3) is 0 Å². The van der Waals surface area contributed by atoms with E-state index in [1.54, 1.807) is 6.92 Å². The number of hydrogen-bond donors (Lipinski definition) is 3. The second-order valence-corrected chi connectivity index (χ2v) is 8.10. The number of nitrogens with two attached hydrogens (primary N) is 1. The molecular formula is C16H24ClF2N3O3S. The molecule has 0 aromatic heterocycles. The summed E-state index contributed by atoms with van der Waals surface area (Å²) < 4.78 is 53.5. The number of sulfonamides is 1. The van der Waals surface area contributed by atoms with Gasteiger partial charge in [0.05, 0.1) is 17.1 Å². The van der Waals surface area contributed by atoms with Gasteiger partial charge in [0.2, 0.25) is 15.9 Å². The summed E-state index contributed by atoms with van der Waals surface area (Å²) in [6.45, 7) is 2.04. The SMILES string of the molecule is CCCS(=O)(=O)Nc1cc(NC(=O)[C@@H]2CCC[C@@H]2CN)c(F)cc1F.Cl. The van der Waals surface area contributed by atoms with Crippen LogP contribution in [0.15, 0.2) is 12.1 Å². The van der Waals surface area contributed by atoms with E-state index in [1.807, 2.05) is 0 Å². The van der Waals surface area contributed by atoms with Crippen LogP contribution in [-0.2, 0) is 14.8 Å². The Balaban J connectivity index is 0.00000338. The molecule has 1 aromatic carbocycles. The van der Waals surface area contributed by atoms with Crippen molar-refractivity contribution in [1.82, 2.24) is 0 Å². The van der Waals surface area contributed by atoms with E-state index >= 15 is 0 Å². The summed E-state index contributed by atoms with van der Waals surface area (Å²) in [5.41, 5.74) is 4.99. The van der Waals surface area contributed by atoms with Crippen molar-refractivity contribution in [2.45, 2.75) is 32.6 Å². The predicted molar refractivity (Wildman–Crippen MR) is 99.8 cm³/mol. The van der Waals surface area contributed by atoms with Crippen LogP contribution in [0.3, 0.4) is 0 Å². The van der Waals surface area contributed by atoms with Gasteiger partial charge in [-0.3, -0.25) is 9.52 Å². The van der Waals surface area contributed by atoms with Gasteiger partial charge in [-0.1, -0.05) is 13.3 Å². The normalized spacial score (nSPS) is 19.7. The molecule has 1 saturated carbocycles. The third-order valence-corrected chi connectivity index (χ3v) is 5.83. The summed E-state index contributed by atoms with van der Waals surface area (Å²) in [6.07, 6.45) is 2.72. The number of halogens is 3. The van der Waals surface area contributed by atoms with Crippen LogP contribution in [0.1, 0.15) is 32.6 Å². The molecule has 6 nitrogen and oxygen atoms in total. The first kappa shape index (κ1) is 22.6. The first-order valence-corrected chi connectivity index (χ1v) is 9.93. The number of nitrogens with one attached hydrogen (secondary N) is 2. The Morgan fingerprint density at radius 2 is 1.88 bits per heavy atom. The van der Waals surface area contributed by atoms with E-state index in [9.17, 15) is 22.0 Å². The van der Waals surface area contributed by atoms with Crippen LogP contribution in [0.5, 0.6) is 0 Å². The van der Waals surface area contributed by atoms with Crippen molar-refractivity contribution in [1.29, 1.82) is 0 Å². The number of benzene rings is 1. The van der Waals surface area contributed by atoms with Crippen LogP contribution >= 0.6 is 12.4 Å². The zero-order chi connectivity index (χ0) is 18.6. The summed E-state index contributed by atoms with van der Waals surface area (Å²) in [5.74, 6) is -2.88. The van der Waals surface area contributed by atoms with Gasteiger partial charge in [-0.2, -0.15) is 0 Å². The number of amides is 1. The van der Waals surface area contributed by atoms with Crippen LogP contribution in [0.2, 0.25) is 0 Å². The highest BCUT2D eigenvalue weighted by atomic mass is 35.5. The minimum absolute atomic E-state index is 0. The lowest BCUT2D eigenvalue weighted by atomic mass is 9.95. The number of anilines is 2. The van der Waals surface area contributed by atoms with Crippen LogP contribution in [-0.4, -0.2) is 26.6 Å². The van der Waals surface area contributed by atoms with Gasteiger partial charge >= 0.3 is 0 Å². The highest BCUT2D eigenvalue weighted by molar-refractivity contribution is 7.92. The molecule has 0 spiro atoms. The van der Waals surface area contributed by atoms with Crippen molar-refractivity contribution >= 4 is 39.7 Å². The molecular weight excluding hydrogens is 388 g/mol. The standard InChI is InChI=1S/C16H23F2N3O3S.ClH/c1-2-6-25(23,24)21-15-8-14(12(17)7-13(15)18)20-16(22)11-5-3-4-10(11)9-19;/h7-8,10-11,21H,2-6,9,19H2,1H3,(H,20,22);1H/t10-,11-;/m1./s1. The molecule has 0 saturated heterocycles. The smallest absolute Gasteiger partial charge is 0.232 e. The van der Waals surface area contributed by atoms with Gasteiger partial charge in [-0.05, 0) is 37.8 Å². The summed E-state index contributed by atoms with van der Waals surface area (Å²) in [4.78, 5) is 12.4. The molecule has 1 aliphatic carbocycles. The van der Waals surface area contributed by atoms with Gasteiger partial charge in [0.25, 0.3) is 0 Å². The van der Waals surface area contributed by atoms with E-state index in [4.69, 9.17) is 5.73 Å². The molecule has 1 fully saturated rings. The van der Waals surface area contributed by atoms with Crippen molar-refractivity contribution in [3.63, 3.8) is 0 Å². The lowest BCUT2D eigenvalue weighted by Crippen LogP contribution is -2.30. The Morgan fingerprint density at radius 3 is 2.50 bits per heavy atom. The zero-order valence-corrected chi connectivity index (χ0v) is 16.1. The van der Waals surface area contributed by atoms with Gasteiger partial charge in [0.15, 0.2) is 0 Å². The average molecular weight is 412 g/mol. The Hall–Kier alpha value is -1.45. The molecule has 1 aromatic rings. The summed E-state index contributed by atoms with van der Waals surface area (Å²) in [5, 5.41) is 2.43. The molecule has 1 aliphatic rings. The molecule has 26 heavy (non-hydrogen) atoms. The topological polar surface area (TPSA) is 101 Å². The Bertz CT molecular complexity index is 747. The van der Waals surface area contributed by atoms with Crippen LogP contribution in [0.4, 0.5) is 20.2 Å². The van der Waals surface area contributed by atoms with Gasteiger partial charge in [-0.25, -0.2) is 17.2 Å². The molecule has 10 heteroatoms. The third-order valence-electron chi connectivity index (χ3n) is 4.35. The lowest BCUT2D eigenvalue weighted by Gasteiger charge is -2.18. The number of rotatable bonds is 7. The first-order chi connectivity index (χ1) is 11.8.